The van der Waals surface area contributed by atoms with Gasteiger partial charge in [0.25, 0.3) is 0 Å². The number of hydrogen-bond donors (Lipinski definition) is 2. The Bertz CT molecular complexity index is 403. The number of rotatable bonds is 4. The first-order valence-corrected chi connectivity index (χ1v) is 7.26. The number of hydrogen-bond acceptors (Lipinski definition) is 3. The first kappa shape index (κ1) is 12.9. The van der Waals surface area contributed by atoms with E-state index >= 15 is 0 Å². The summed E-state index contributed by atoms with van der Waals surface area (Å²) >= 11 is 1.91. The summed E-state index contributed by atoms with van der Waals surface area (Å²) in [6, 6.07) is 6.43. The molecule has 2 atom stereocenters. The lowest BCUT2D eigenvalue weighted by atomic mass is 9.88. The second-order valence-electron chi connectivity index (χ2n) is 4.85. The second kappa shape index (κ2) is 5.01. The molecule has 0 spiro atoms. The molecular formula is C14H21NOS. The molecule has 0 saturated heterocycles. The van der Waals surface area contributed by atoms with Gasteiger partial charge in [-0.3, -0.25) is 0 Å². The van der Waals surface area contributed by atoms with Crippen LogP contribution in [-0.4, -0.2) is 23.4 Å². The summed E-state index contributed by atoms with van der Waals surface area (Å²) in [5.41, 5.74) is 1.60. The van der Waals surface area contributed by atoms with Gasteiger partial charge in [0.1, 0.15) is 5.60 Å². The summed E-state index contributed by atoms with van der Waals surface area (Å²) in [6.07, 6.45) is 1.12. The van der Waals surface area contributed by atoms with Crippen LogP contribution in [0.3, 0.4) is 0 Å². The largest absolute Gasteiger partial charge is 0.384 e. The molecule has 1 aliphatic rings. The molecule has 1 heterocycles. The molecule has 0 radical (unpaired) electrons. The van der Waals surface area contributed by atoms with E-state index in [0.717, 1.165) is 18.5 Å². The van der Waals surface area contributed by atoms with E-state index in [0.29, 0.717) is 0 Å². The smallest absolute Gasteiger partial charge is 0.102 e. The molecule has 17 heavy (non-hydrogen) atoms. The average Bonchev–Trinajstić information content (AvgIpc) is 2.76. The number of aliphatic hydroxyl groups is 1. The highest BCUT2D eigenvalue weighted by molar-refractivity contribution is 7.99. The summed E-state index contributed by atoms with van der Waals surface area (Å²) < 4.78 is 0. The molecule has 2 unspecified atom stereocenters. The van der Waals surface area contributed by atoms with Crippen molar-refractivity contribution in [2.24, 2.45) is 0 Å². The third-order valence-corrected chi connectivity index (χ3v) is 4.74. The molecule has 0 aliphatic carbocycles. The van der Waals surface area contributed by atoms with Crippen molar-refractivity contribution in [1.82, 2.24) is 5.32 Å². The number of nitrogens with one attached hydrogen (secondary N) is 1. The van der Waals surface area contributed by atoms with Crippen molar-refractivity contribution >= 4 is 11.8 Å². The van der Waals surface area contributed by atoms with Gasteiger partial charge in [-0.2, -0.15) is 0 Å². The van der Waals surface area contributed by atoms with E-state index in [-0.39, 0.29) is 6.04 Å². The van der Waals surface area contributed by atoms with Crippen molar-refractivity contribution in [1.29, 1.82) is 0 Å². The Hall–Kier alpha value is -0.510. The predicted molar refractivity (Wildman–Crippen MR) is 73.6 cm³/mol. The third kappa shape index (κ3) is 2.51. The molecule has 0 fully saturated rings. The van der Waals surface area contributed by atoms with Crippen molar-refractivity contribution in [3.8, 4) is 0 Å². The maximum atomic E-state index is 10.6. The normalized spacial score (nSPS) is 19.8. The maximum absolute atomic E-state index is 10.6. The van der Waals surface area contributed by atoms with Crippen LogP contribution in [0.1, 0.15) is 31.9 Å². The van der Waals surface area contributed by atoms with Crippen molar-refractivity contribution in [3.05, 3.63) is 29.3 Å². The zero-order chi connectivity index (χ0) is 12.5. The number of fused-ring (bicyclic) bond motifs is 1. The molecule has 0 saturated carbocycles. The Morgan fingerprint density at radius 2 is 2.29 bits per heavy atom. The molecule has 1 aromatic rings. The Kier molecular flexibility index (Phi) is 3.81. The quantitative estimate of drug-likeness (QED) is 0.862. The summed E-state index contributed by atoms with van der Waals surface area (Å²) in [6.45, 7) is 6.86. The van der Waals surface area contributed by atoms with Gasteiger partial charge in [-0.15, -0.1) is 11.8 Å². The van der Waals surface area contributed by atoms with Crippen LogP contribution >= 0.6 is 11.8 Å². The van der Waals surface area contributed by atoms with Gasteiger partial charge in [0.05, 0.1) is 0 Å². The highest BCUT2D eigenvalue weighted by Gasteiger charge is 2.30. The SMILES string of the molecule is CCNC(C)C(C)(O)c1ccc2c(c1)CCS2. The highest BCUT2D eigenvalue weighted by atomic mass is 32.2. The van der Waals surface area contributed by atoms with E-state index in [1.165, 1.54) is 16.2 Å². The summed E-state index contributed by atoms with van der Waals surface area (Å²) in [7, 11) is 0. The van der Waals surface area contributed by atoms with Gasteiger partial charge >= 0.3 is 0 Å². The fourth-order valence-corrected chi connectivity index (χ4v) is 3.31. The average molecular weight is 251 g/mol. The molecule has 2 nitrogen and oxygen atoms in total. The van der Waals surface area contributed by atoms with Crippen LogP contribution in [0.5, 0.6) is 0 Å². The molecule has 94 valence electrons. The minimum Gasteiger partial charge on any atom is -0.384 e. The van der Waals surface area contributed by atoms with Gasteiger partial charge in [0.15, 0.2) is 0 Å². The Balaban J connectivity index is 2.26. The Labute approximate surface area is 108 Å². The van der Waals surface area contributed by atoms with Gasteiger partial charge in [0.2, 0.25) is 0 Å². The maximum Gasteiger partial charge on any atom is 0.102 e. The van der Waals surface area contributed by atoms with Crippen molar-refractivity contribution in [2.45, 2.75) is 43.7 Å². The zero-order valence-corrected chi connectivity index (χ0v) is 11.6. The standard InChI is InChI=1S/C14H21NOS/c1-4-15-10(2)14(3,16)12-5-6-13-11(9-12)7-8-17-13/h5-6,9-10,15-16H,4,7-8H2,1-3H3. The summed E-state index contributed by atoms with van der Waals surface area (Å²) in [4.78, 5) is 1.38. The van der Waals surface area contributed by atoms with E-state index in [2.05, 4.69) is 30.4 Å². The monoisotopic (exact) mass is 251 g/mol. The second-order valence-corrected chi connectivity index (χ2v) is 5.98. The minimum absolute atomic E-state index is 0.0552. The molecule has 2 rings (SSSR count). The van der Waals surface area contributed by atoms with Crippen LogP contribution < -0.4 is 5.32 Å². The lowest BCUT2D eigenvalue weighted by Crippen LogP contribution is -2.44. The van der Waals surface area contributed by atoms with E-state index in [9.17, 15) is 5.11 Å². The topological polar surface area (TPSA) is 32.3 Å². The van der Waals surface area contributed by atoms with E-state index in [4.69, 9.17) is 0 Å². The summed E-state index contributed by atoms with van der Waals surface area (Å²) in [5, 5.41) is 13.9. The van der Waals surface area contributed by atoms with Crippen molar-refractivity contribution in [2.75, 3.05) is 12.3 Å². The number of likely N-dealkylation sites (N-methyl/N-ethyl adjacent to an activating group) is 1. The molecule has 2 N–H and O–H groups in total. The van der Waals surface area contributed by atoms with Gasteiger partial charge < -0.3 is 10.4 Å². The first-order valence-electron chi connectivity index (χ1n) is 6.27. The van der Waals surface area contributed by atoms with E-state index < -0.39 is 5.60 Å². The molecule has 0 amide bonds. The van der Waals surface area contributed by atoms with E-state index in [1.54, 1.807) is 0 Å². The van der Waals surface area contributed by atoms with Crippen LogP contribution in [0.25, 0.3) is 0 Å². The molecular weight excluding hydrogens is 230 g/mol. The predicted octanol–water partition coefficient (Wildman–Crippen LogP) is 2.54. The highest BCUT2D eigenvalue weighted by Crippen LogP contribution is 2.35. The zero-order valence-electron chi connectivity index (χ0n) is 10.8. The fraction of sp³-hybridized carbons (Fsp3) is 0.571. The van der Waals surface area contributed by atoms with Crippen LogP contribution in [0.15, 0.2) is 23.1 Å². The number of thioether (sulfide) groups is 1. The third-order valence-electron chi connectivity index (χ3n) is 3.63. The van der Waals surface area contributed by atoms with Gasteiger partial charge in [-0.25, -0.2) is 0 Å². The van der Waals surface area contributed by atoms with Gasteiger partial charge in [0, 0.05) is 16.7 Å². The van der Waals surface area contributed by atoms with Gasteiger partial charge in [-0.05, 0) is 44.0 Å². The van der Waals surface area contributed by atoms with Crippen LogP contribution in [0.4, 0.5) is 0 Å². The summed E-state index contributed by atoms with van der Waals surface area (Å²) in [5.74, 6) is 1.17. The molecule has 0 bridgehead atoms. The lowest BCUT2D eigenvalue weighted by Gasteiger charge is -2.31. The van der Waals surface area contributed by atoms with Crippen LogP contribution in [0, 0.1) is 0 Å². The van der Waals surface area contributed by atoms with Crippen LogP contribution in [-0.2, 0) is 12.0 Å². The van der Waals surface area contributed by atoms with E-state index in [1.807, 2.05) is 25.6 Å². The first-order chi connectivity index (χ1) is 8.05. The minimum atomic E-state index is -0.807. The molecule has 1 aromatic carbocycles. The number of aryl methyl sites for hydroxylation is 1. The molecule has 3 heteroatoms. The van der Waals surface area contributed by atoms with Gasteiger partial charge in [-0.1, -0.05) is 19.1 Å². The number of benzene rings is 1. The Morgan fingerprint density at radius 1 is 1.53 bits per heavy atom. The lowest BCUT2D eigenvalue weighted by molar-refractivity contribution is 0.0220. The Morgan fingerprint density at radius 3 is 3.00 bits per heavy atom. The fourth-order valence-electron chi connectivity index (χ4n) is 2.26. The molecule has 1 aliphatic heterocycles. The van der Waals surface area contributed by atoms with Crippen molar-refractivity contribution < 1.29 is 5.11 Å². The van der Waals surface area contributed by atoms with Crippen molar-refractivity contribution in [3.63, 3.8) is 0 Å². The molecule has 0 aromatic heterocycles. The van der Waals surface area contributed by atoms with Crippen LogP contribution in [0.2, 0.25) is 0 Å².